The third-order valence-corrected chi connectivity index (χ3v) is 5.72. The number of fused-ring (bicyclic) bond motifs is 1. The van der Waals surface area contributed by atoms with E-state index in [2.05, 4.69) is 9.97 Å². The second-order valence-corrected chi connectivity index (χ2v) is 7.78. The van der Waals surface area contributed by atoms with Crippen molar-refractivity contribution >= 4 is 44.4 Å². The molecule has 0 bridgehead atoms. The van der Waals surface area contributed by atoms with Crippen LogP contribution in [0.15, 0.2) is 73.1 Å². The van der Waals surface area contributed by atoms with Crippen LogP contribution in [0.25, 0.3) is 16.3 Å². The second-order valence-electron chi connectivity index (χ2n) is 6.77. The van der Waals surface area contributed by atoms with E-state index in [0.717, 1.165) is 10.3 Å². The van der Waals surface area contributed by atoms with Crippen molar-refractivity contribution in [3.63, 3.8) is 0 Å². The Balaban J connectivity index is 1.66. The molecule has 0 spiro atoms. The number of aromatic nitrogens is 2. The van der Waals surface area contributed by atoms with Gasteiger partial charge in [-0.05, 0) is 47.5 Å². The Hall–Kier alpha value is -4.11. The number of nitrogens with zero attached hydrogens (tertiary/aromatic N) is 4. The molecule has 8 nitrogen and oxygen atoms in total. The summed E-state index contributed by atoms with van der Waals surface area (Å²) in [7, 11) is 1.58. The summed E-state index contributed by atoms with van der Waals surface area (Å²) < 4.78 is 6.31. The normalized spacial score (nSPS) is 11.0. The molecule has 2 aromatic carbocycles. The number of nitro groups is 1. The van der Waals surface area contributed by atoms with Crippen molar-refractivity contribution in [2.75, 3.05) is 12.0 Å². The molecule has 0 aliphatic carbocycles. The lowest BCUT2D eigenvalue weighted by Crippen LogP contribution is -2.28. The van der Waals surface area contributed by atoms with E-state index >= 15 is 0 Å². The van der Waals surface area contributed by atoms with Gasteiger partial charge in [0, 0.05) is 30.6 Å². The first-order valence-corrected chi connectivity index (χ1v) is 10.4. The van der Waals surface area contributed by atoms with Crippen LogP contribution in [-0.4, -0.2) is 27.9 Å². The van der Waals surface area contributed by atoms with Gasteiger partial charge in [-0.1, -0.05) is 23.5 Å². The number of pyridine rings is 1. The van der Waals surface area contributed by atoms with Gasteiger partial charge < -0.3 is 4.74 Å². The molecule has 0 atom stereocenters. The highest BCUT2D eigenvalue weighted by Crippen LogP contribution is 2.34. The quantitative estimate of drug-likeness (QED) is 0.229. The van der Waals surface area contributed by atoms with Crippen LogP contribution in [0, 0.1) is 10.1 Å². The summed E-state index contributed by atoms with van der Waals surface area (Å²) in [4.78, 5) is 33.9. The lowest BCUT2D eigenvalue weighted by Gasteiger charge is -2.18. The number of non-ortho nitro benzene ring substituents is 1. The minimum absolute atomic E-state index is 0.00453. The monoisotopic (exact) mass is 446 g/mol. The smallest absolute Gasteiger partial charge is 0.269 e. The standard InChI is InChI=1S/C23H18N4O4S/c1-31-19-5-2-6-20-22(19)25-23(32-20)26(15-17-4-3-13-24-14-17)21(28)12-9-16-7-10-18(11-8-16)27(29)30/h2-14H,15H2,1H3. The van der Waals surface area contributed by atoms with Gasteiger partial charge in [-0.25, -0.2) is 4.98 Å². The number of nitro benzene ring substituents is 1. The molecule has 2 heterocycles. The predicted molar refractivity (Wildman–Crippen MR) is 124 cm³/mol. The molecule has 0 unspecified atom stereocenters. The second kappa shape index (κ2) is 9.36. The molecule has 0 aliphatic rings. The molecule has 160 valence electrons. The van der Waals surface area contributed by atoms with Gasteiger partial charge in [0.1, 0.15) is 11.3 Å². The molecule has 0 saturated heterocycles. The van der Waals surface area contributed by atoms with Crippen molar-refractivity contribution in [1.29, 1.82) is 0 Å². The molecule has 32 heavy (non-hydrogen) atoms. The largest absolute Gasteiger partial charge is 0.494 e. The van der Waals surface area contributed by atoms with Crippen LogP contribution in [0.5, 0.6) is 5.75 Å². The van der Waals surface area contributed by atoms with Crippen molar-refractivity contribution in [2.45, 2.75) is 6.54 Å². The van der Waals surface area contributed by atoms with Gasteiger partial charge >= 0.3 is 0 Å². The highest BCUT2D eigenvalue weighted by Gasteiger charge is 2.20. The number of carbonyl (C=O) groups excluding carboxylic acids is 1. The SMILES string of the molecule is COc1cccc2sc(N(Cc3cccnc3)C(=O)C=Cc3ccc([N+](=O)[O-])cc3)nc12. The van der Waals surface area contributed by atoms with Crippen molar-refractivity contribution in [3.05, 3.63) is 94.3 Å². The first-order valence-electron chi connectivity index (χ1n) is 9.61. The molecule has 0 fully saturated rings. The topological polar surface area (TPSA) is 98.5 Å². The Morgan fingerprint density at radius 2 is 2.00 bits per heavy atom. The Morgan fingerprint density at radius 1 is 1.19 bits per heavy atom. The molecule has 0 N–H and O–H groups in total. The van der Waals surface area contributed by atoms with Gasteiger partial charge in [-0.2, -0.15) is 0 Å². The molecule has 0 aliphatic heterocycles. The molecule has 4 aromatic rings. The fourth-order valence-corrected chi connectivity index (χ4v) is 4.06. The van der Waals surface area contributed by atoms with Gasteiger partial charge in [0.2, 0.25) is 0 Å². The van der Waals surface area contributed by atoms with Crippen molar-refractivity contribution in [1.82, 2.24) is 9.97 Å². The number of hydrogen-bond acceptors (Lipinski definition) is 7. The van der Waals surface area contributed by atoms with Crippen LogP contribution in [0.2, 0.25) is 0 Å². The Morgan fingerprint density at radius 3 is 2.69 bits per heavy atom. The molecule has 4 rings (SSSR count). The van der Waals surface area contributed by atoms with E-state index in [1.165, 1.54) is 29.5 Å². The number of amides is 1. The third kappa shape index (κ3) is 4.62. The zero-order valence-electron chi connectivity index (χ0n) is 17.0. The van der Waals surface area contributed by atoms with Crippen LogP contribution in [0.3, 0.4) is 0 Å². The number of anilines is 1. The minimum atomic E-state index is -0.463. The first kappa shape index (κ1) is 21.1. The molecule has 0 saturated carbocycles. The summed E-state index contributed by atoms with van der Waals surface area (Å²) in [6, 6.07) is 15.3. The summed E-state index contributed by atoms with van der Waals surface area (Å²) in [5.41, 5.74) is 2.22. The van der Waals surface area contributed by atoms with Crippen molar-refractivity contribution in [2.24, 2.45) is 0 Å². The van der Waals surface area contributed by atoms with E-state index in [1.807, 2.05) is 30.3 Å². The van der Waals surface area contributed by atoms with Crippen LogP contribution in [-0.2, 0) is 11.3 Å². The number of ether oxygens (including phenoxy) is 1. The number of para-hydroxylation sites is 1. The van der Waals surface area contributed by atoms with Crippen LogP contribution in [0.4, 0.5) is 10.8 Å². The summed E-state index contributed by atoms with van der Waals surface area (Å²) in [6.45, 7) is 0.291. The van der Waals surface area contributed by atoms with Crippen molar-refractivity contribution < 1.29 is 14.5 Å². The van der Waals surface area contributed by atoms with Crippen molar-refractivity contribution in [3.8, 4) is 5.75 Å². The fraction of sp³-hybridized carbons (Fsp3) is 0.0870. The maximum absolute atomic E-state index is 13.2. The summed E-state index contributed by atoms with van der Waals surface area (Å²) in [5.74, 6) is 0.366. The number of hydrogen-bond donors (Lipinski definition) is 0. The van der Waals surface area contributed by atoms with Gasteiger partial charge in [-0.15, -0.1) is 0 Å². The van der Waals surface area contributed by atoms with E-state index < -0.39 is 4.92 Å². The van der Waals surface area contributed by atoms with Gasteiger partial charge in [0.25, 0.3) is 11.6 Å². The summed E-state index contributed by atoms with van der Waals surface area (Å²) >= 11 is 1.39. The van der Waals surface area contributed by atoms with Crippen LogP contribution in [0.1, 0.15) is 11.1 Å². The molecular formula is C23H18N4O4S. The average Bonchev–Trinajstić information content (AvgIpc) is 3.26. The van der Waals surface area contributed by atoms with E-state index in [9.17, 15) is 14.9 Å². The van der Waals surface area contributed by atoms with E-state index in [4.69, 9.17) is 4.74 Å². The van der Waals surface area contributed by atoms with Gasteiger partial charge in [0.05, 0.1) is 23.3 Å². The van der Waals surface area contributed by atoms with Gasteiger partial charge in [-0.3, -0.25) is 24.8 Å². The number of carbonyl (C=O) groups is 1. The average molecular weight is 446 g/mol. The maximum atomic E-state index is 13.2. The molecule has 0 radical (unpaired) electrons. The molecule has 9 heteroatoms. The van der Waals surface area contributed by atoms with E-state index in [0.29, 0.717) is 28.5 Å². The third-order valence-electron chi connectivity index (χ3n) is 4.67. The summed E-state index contributed by atoms with van der Waals surface area (Å²) in [5, 5.41) is 11.4. The lowest BCUT2D eigenvalue weighted by molar-refractivity contribution is -0.384. The highest BCUT2D eigenvalue weighted by molar-refractivity contribution is 7.22. The molecule has 2 aromatic heterocycles. The van der Waals surface area contributed by atoms with Gasteiger partial charge in [0.15, 0.2) is 5.13 Å². The minimum Gasteiger partial charge on any atom is -0.494 e. The summed E-state index contributed by atoms with van der Waals surface area (Å²) in [6.07, 6.45) is 6.43. The van der Waals surface area contributed by atoms with Crippen LogP contribution >= 0.6 is 11.3 Å². The zero-order valence-corrected chi connectivity index (χ0v) is 17.9. The highest BCUT2D eigenvalue weighted by atomic mass is 32.1. The van der Waals surface area contributed by atoms with Crippen LogP contribution < -0.4 is 9.64 Å². The number of rotatable bonds is 7. The van der Waals surface area contributed by atoms with E-state index in [-0.39, 0.29) is 11.6 Å². The number of methoxy groups -OCH3 is 1. The Kier molecular flexibility index (Phi) is 6.18. The fourth-order valence-electron chi connectivity index (χ4n) is 3.07. The number of benzene rings is 2. The predicted octanol–water partition coefficient (Wildman–Crippen LogP) is 4.85. The Bertz CT molecular complexity index is 1290. The lowest BCUT2D eigenvalue weighted by atomic mass is 10.2. The Labute approximate surface area is 187 Å². The maximum Gasteiger partial charge on any atom is 0.269 e. The zero-order chi connectivity index (χ0) is 22.5. The first-order chi connectivity index (χ1) is 15.5. The van der Waals surface area contributed by atoms with E-state index in [1.54, 1.807) is 42.6 Å². The molecule has 1 amide bonds. The molecular weight excluding hydrogens is 428 g/mol. The number of thiazole rings is 1.